The molecule has 0 saturated heterocycles. The van der Waals surface area contributed by atoms with Gasteiger partial charge in [0.25, 0.3) is 0 Å². The van der Waals surface area contributed by atoms with E-state index in [1.165, 1.54) is 0 Å². The van der Waals surface area contributed by atoms with Gasteiger partial charge in [0.05, 0.1) is 4.83 Å². The highest BCUT2D eigenvalue weighted by molar-refractivity contribution is 9.10. The molecule has 1 atom stereocenters. The third-order valence-corrected chi connectivity index (χ3v) is 1.74. The summed E-state index contributed by atoms with van der Waals surface area (Å²) in [5.74, 6) is -0.0579. The van der Waals surface area contributed by atoms with Crippen molar-refractivity contribution in [3.63, 3.8) is 0 Å². The Morgan fingerprint density at radius 3 is 2.92 bits per heavy atom. The third kappa shape index (κ3) is 2.66. The van der Waals surface area contributed by atoms with Crippen LogP contribution in [0.25, 0.3) is 0 Å². The van der Waals surface area contributed by atoms with Crippen LogP contribution in [0.1, 0.15) is 6.92 Å². The number of benzene rings is 1. The van der Waals surface area contributed by atoms with Gasteiger partial charge in [0.2, 0.25) is 5.91 Å². The average molecular weight is 227 g/mol. The maximum atomic E-state index is 11.1. The van der Waals surface area contributed by atoms with Gasteiger partial charge in [-0.15, -0.1) is 0 Å². The van der Waals surface area contributed by atoms with E-state index in [2.05, 4.69) is 27.3 Å². The Morgan fingerprint density at radius 1 is 1.67 bits per heavy atom. The van der Waals surface area contributed by atoms with E-state index in [0.29, 0.717) is 5.69 Å². The van der Waals surface area contributed by atoms with Gasteiger partial charge in [-0.05, 0) is 13.0 Å². The lowest BCUT2D eigenvalue weighted by Crippen LogP contribution is -2.19. The van der Waals surface area contributed by atoms with Gasteiger partial charge in [-0.25, -0.2) is 0 Å². The molecule has 0 aromatic heterocycles. The highest BCUT2D eigenvalue weighted by Gasteiger charge is 2.07. The molecule has 1 N–H and O–H groups in total. The minimum Gasteiger partial charge on any atom is -0.325 e. The quantitative estimate of drug-likeness (QED) is 0.771. The number of alkyl halides is 1. The number of halogens is 1. The topological polar surface area (TPSA) is 29.1 Å². The number of carbonyl (C=O) groups is 1. The molecule has 1 amide bonds. The Labute approximate surface area is 80.1 Å². The molecule has 1 rings (SSSR count). The SMILES string of the molecule is CC(Br)C(=O)Nc1[c]cccc1. The van der Waals surface area contributed by atoms with Crippen molar-refractivity contribution in [3.05, 3.63) is 30.3 Å². The van der Waals surface area contributed by atoms with Crippen LogP contribution in [0, 0.1) is 6.07 Å². The lowest BCUT2D eigenvalue weighted by atomic mass is 10.3. The maximum absolute atomic E-state index is 11.1. The van der Waals surface area contributed by atoms with Gasteiger partial charge in [0.1, 0.15) is 0 Å². The van der Waals surface area contributed by atoms with E-state index < -0.39 is 0 Å². The van der Waals surface area contributed by atoms with Crippen molar-refractivity contribution >= 4 is 27.5 Å². The van der Waals surface area contributed by atoms with E-state index in [4.69, 9.17) is 0 Å². The number of para-hydroxylation sites is 1. The molecule has 0 heterocycles. The van der Waals surface area contributed by atoms with E-state index in [9.17, 15) is 4.79 Å². The second kappa shape index (κ2) is 4.26. The van der Waals surface area contributed by atoms with Gasteiger partial charge < -0.3 is 5.32 Å². The summed E-state index contributed by atoms with van der Waals surface area (Å²) >= 11 is 3.17. The average Bonchev–Trinajstić information content (AvgIpc) is 2.06. The normalized spacial score (nSPS) is 12.2. The summed E-state index contributed by atoms with van der Waals surface area (Å²) in [5, 5.41) is 2.70. The Bertz CT molecular complexity index is 258. The van der Waals surface area contributed by atoms with Crippen molar-refractivity contribution in [3.8, 4) is 0 Å². The first-order valence-corrected chi connectivity index (χ1v) is 4.53. The first-order chi connectivity index (χ1) is 5.70. The fourth-order valence-electron chi connectivity index (χ4n) is 0.703. The van der Waals surface area contributed by atoms with E-state index in [1.807, 2.05) is 12.1 Å². The van der Waals surface area contributed by atoms with Gasteiger partial charge in [0, 0.05) is 11.8 Å². The van der Waals surface area contributed by atoms with Crippen molar-refractivity contribution in [1.29, 1.82) is 0 Å². The fraction of sp³-hybridized carbons (Fsp3) is 0.222. The van der Waals surface area contributed by atoms with Crippen LogP contribution in [-0.4, -0.2) is 10.7 Å². The van der Waals surface area contributed by atoms with E-state index >= 15 is 0 Å². The highest BCUT2D eigenvalue weighted by atomic mass is 79.9. The van der Waals surface area contributed by atoms with Gasteiger partial charge in [-0.1, -0.05) is 34.1 Å². The maximum Gasteiger partial charge on any atom is 0.237 e. The van der Waals surface area contributed by atoms with Gasteiger partial charge in [-0.2, -0.15) is 0 Å². The minimum atomic E-state index is -0.175. The van der Waals surface area contributed by atoms with Crippen LogP contribution >= 0.6 is 15.9 Å². The van der Waals surface area contributed by atoms with Gasteiger partial charge >= 0.3 is 0 Å². The van der Waals surface area contributed by atoms with Crippen molar-refractivity contribution < 1.29 is 4.79 Å². The van der Waals surface area contributed by atoms with Crippen LogP contribution < -0.4 is 5.32 Å². The Kier molecular flexibility index (Phi) is 3.29. The van der Waals surface area contributed by atoms with Gasteiger partial charge in [-0.3, -0.25) is 4.79 Å². The monoisotopic (exact) mass is 226 g/mol. The molecule has 0 saturated carbocycles. The molecule has 1 unspecified atom stereocenters. The largest absolute Gasteiger partial charge is 0.325 e. The molecule has 1 aromatic carbocycles. The zero-order valence-electron chi connectivity index (χ0n) is 6.67. The van der Waals surface area contributed by atoms with Crippen LogP contribution in [0.3, 0.4) is 0 Å². The zero-order chi connectivity index (χ0) is 8.97. The zero-order valence-corrected chi connectivity index (χ0v) is 8.26. The molecule has 3 heteroatoms. The second-order valence-electron chi connectivity index (χ2n) is 2.38. The summed E-state index contributed by atoms with van der Waals surface area (Å²) in [6.45, 7) is 1.78. The lowest BCUT2D eigenvalue weighted by molar-refractivity contribution is -0.115. The molecule has 0 bridgehead atoms. The molecular formula is C9H9BrNO. The van der Waals surface area contributed by atoms with Crippen molar-refractivity contribution in [1.82, 2.24) is 0 Å². The van der Waals surface area contributed by atoms with Crippen LogP contribution in [0.15, 0.2) is 24.3 Å². The summed E-state index contributed by atoms with van der Waals surface area (Å²) in [6, 6.07) is 10.2. The summed E-state index contributed by atoms with van der Waals surface area (Å²) in [4.78, 5) is 11.0. The number of rotatable bonds is 2. The van der Waals surface area contributed by atoms with E-state index in [1.54, 1.807) is 19.1 Å². The molecule has 0 spiro atoms. The molecule has 2 nitrogen and oxygen atoms in total. The van der Waals surface area contributed by atoms with Crippen LogP contribution in [0.5, 0.6) is 0 Å². The lowest BCUT2D eigenvalue weighted by Gasteiger charge is -2.04. The fourth-order valence-corrected chi connectivity index (χ4v) is 0.818. The predicted octanol–water partition coefficient (Wildman–Crippen LogP) is 2.21. The Balaban J connectivity index is 2.59. The molecular weight excluding hydrogens is 218 g/mol. The number of hydrogen-bond acceptors (Lipinski definition) is 1. The number of hydrogen-bond donors (Lipinski definition) is 1. The van der Waals surface area contributed by atoms with Crippen molar-refractivity contribution in [2.45, 2.75) is 11.8 Å². The molecule has 1 radical (unpaired) electrons. The molecule has 0 fully saturated rings. The van der Waals surface area contributed by atoms with E-state index in [0.717, 1.165) is 0 Å². The first-order valence-electron chi connectivity index (χ1n) is 3.62. The molecule has 12 heavy (non-hydrogen) atoms. The molecule has 63 valence electrons. The summed E-state index contributed by atoms with van der Waals surface area (Å²) in [7, 11) is 0. The molecule has 0 aliphatic heterocycles. The van der Waals surface area contributed by atoms with Crippen molar-refractivity contribution in [2.24, 2.45) is 0 Å². The van der Waals surface area contributed by atoms with Gasteiger partial charge in [0.15, 0.2) is 0 Å². The summed E-state index contributed by atoms with van der Waals surface area (Å²) in [6.07, 6.45) is 0. The Hall–Kier alpha value is -0.830. The smallest absolute Gasteiger partial charge is 0.237 e. The Morgan fingerprint density at radius 2 is 2.42 bits per heavy atom. The van der Waals surface area contributed by atoms with E-state index in [-0.39, 0.29) is 10.7 Å². The second-order valence-corrected chi connectivity index (χ2v) is 3.76. The van der Waals surface area contributed by atoms with Crippen LogP contribution in [0.2, 0.25) is 0 Å². The number of nitrogens with one attached hydrogen (secondary N) is 1. The van der Waals surface area contributed by atoms with Crippen LogP contribution in [-0.2, 0) is 4.79 Å². The minimum absolute atomic E-state index is 0.0579. The summed E-state index contributed by atoms with van der Waals surface area (Å²) < 4.78 is 0. The number of anilines is 1. The molecule has 1 aromatic rings. The van der Waals surface area contributed by atoms with Crippen LogP contribution in [0.4, 0.5) is 5.69 Å². The number of amides is 1. The molecule has 0 aliphatic rings. The summed E-state index contributed by atoms with van der Waals surface area (Å²) in [5.41, 5.74) is 0.703. The third-order valence-electron chi connectivity index (χ3n) is 1.33. The molecule has 0 aliphatic carbocycles. The highest BCUT2D eigenvalue weighted by Crippen LogP contribution is 2.06. The predicted molar refractivity (Wildman–Crippen MR) is 52.3 cm³/mol. The number of carbonyl (C=O) groups excluding carboxylic acids is 1. The van der Waals surface area contributed by atoms with Crippen molar-refractivity contribution in [2.75, 3.05) is 5.32 Å². The standard InChI is InChI=1S/C9H9BrNO/c1-7(10)9(12)11-8-5-3-2-4-6-8/h2-5,7H,1H3,(H,11,12). The first kappa shape index (κ1) is 9.26.